The van der Waals surface area contributed by atoms with E-state index in [0.29, 0.717) is 12.5 Å². The van der Waals surface area contributed by atoms with Crippen molar-refractivity contribution in [2.45, 2.75) is 131 Å². The van der Waals surface area contributed by atoms with Crippen molar-refractivity contribution in [2.75, 3.05) is 20.1 Å². The maximum atomic E-state index is 13.0. The zero-order valence-electron chi connectivity index (χ0n) is 27.2. The smallest absolute Gasteiger partial charge is 0.228 e. The molecule has 0 radical (unpaired) electrons. The van der Waals surface area contributed by atoms with Crippen LogP contribution in [0.5, 0.6) is 0 Å². The molecule has 8 heteroatoms. The van der Waals surface area contributed by atoms with E-state index in [-0.39, 0.29) is 33.7 Å². The molecule has 0 aromatic rings. The number of hydrogen-bond acceptors (Lipinski definition) is 6. The van der Waals surface area contributed by atoms with Crippen molar-refractivity contribution >= 4 is 11.8 Å². The van der Waals surface area contributed by atoms with Gasteiger partial charge in [-0.2, -0.15) is 10.5 Å². The van der Waals surface area contributed by atoms with Gasteiger partial charge < -0.3 is 15.1 Å². The van der Waals surface area contributed by atoms with E-state index < -0.39 is 16.5 Å². The first-order valence-electron chi connectivity index (χ1n) is 14.3. The zero-order chi connectivity index (χ0) is 30.6. The summed E-state index contributed by atoms with van der Waals surface area (Å²) >= 11 is 0. The molecule has 2 aliphatic heterocycles. The summed E-state index contributed by atoms with van der Waals surface area (Å²) < 4.78 is 0. The van der Waals surface area contributed by atoms with Crippen LogP contribution in [0, 0.1) is 45.1 Å². The molecule has 1 N–H and O–H groups in total. The molecule has 0 bridgehead atoms. The number of nitrogens with one attached hydrogen (secondary N) is 1. The molecule has 39 heavy (non-hydrogen) atoms. The van der Waals surface area contributed by atoms with Gasteiger partial charge in [-0.3, -0.25) is 14.5 Å². The molecule has 3 aliphatic rings. The Bertz CT molecular complexity index is 1050. The number of nitriles is 2. The maximum absolute atomic E-state index is 13.0. The summed E-state index contributed by atoms with van der Waals surface area (Å²) in [4.78, 5) is 30.6. The highest BCUT2D eigenvalue weighted by atomic mass is 16.2. The van der Waals surface area contributed by atoms with Crippen LogP contribution in [0.4, 0.5) is 0 Å². The van der Waals surface area contributed by atoms with Crippen molar-refractivity contribution < 1.29 is 9.59 Å². The number of hydrogen-bond donors (Lipinski definition) is 1. The Labute approximate surface area is 238 Å². The van der Waals surface area contributed by atoms with Crippen LogP contribution in [0.25, 0.3) is 0 Å². The first-order chi connectivity index (χ1) is 17.4. The SMILES string of the molecule is CC(C)(C)C(=O)NC12CCCC1CN(C#N)C2.CN(C(=O)C(C)(C)C)C1(C)C(C)(C)N(C#N)C(C)(C)C1(C)C. The Kier molecular flexibility index (Phi) is 8.27. The highest BCUT2D eigenvalue weighted by molar-refractivity contribution is 5.83. The number of carbonyl (C=O) groups excluding carboxylic acids is 2. The molecule has 220 valence electrons. The monoisotopic (exact) mass is 542 g/mol. The minimum absolute atomic E-state index is 0.101. The Morgan fingerprint density at radius 2 is 1.44 bits per heavy atom. The van der Waals surface area contributed by atoms with Gasteiger partial charge in [0.15, 0.2) is 12.4 Å². The van der Waals surface area contributed by atoms with Crippen LogP contribution in [0.1, 0.15) is 109 Å². The molecule has 1 saturated carbocycles. The lowest BCUT2D eigenvalue weighted by atomic mass is 9.60. The van der Waals surface area contributed by atoms with Crippen LogP contribution in [0.2, 0.25) is 0 Å². The van der Waals surface area contributed by atoms with E-state index in [9.17, 15) is 14.9 Å². The van der Waals surface area contributed by atoms with Crippen LogP contribution in [0.3, 0.4) is 0 Å². The molecule has 3 atom stereocenters. The molecule has 2 amide bonds. The van der Waals surface area contributed by atoms with Gasteiger partial charge in [-0.25, -0.2) is 0 Å². The Morgan fingerprint density at radius 1 is 0.897 bits per heavy atom. The topological polar surface area (TPSA) is 103 Å². The van der Waals surface area contributed by atoms with Crippen molar-refractivity contribution in [3.05, 3.63) is 0 Å². The molecule has 2 heterocycles. The van der Waals surface area contributed by atoms with Gasteiger partial charge in [0, 0.05) is 35.8 Å². The second-order valence-electron chi connectivity index (χ2n) is 15.8. The lowest BCUT2D eigenvalue weighted by molar-refractivity contribution is -0.151. The zero-order valence-corrected chi connectivity index (χ0v) is 27.2. The van der Waals surface area contributed by atoms with Gasteiger partial charge in [0.1, 0.15) is 0 Å². The van der Waals surface area contributed by atoms with Gasteiger partial charge in [-0.05, 0) is 47.5 Å². The predicted octanol–water partition coefficient (Wildman–Crippen LogP) is 5.11. The summed E-state index contributed by atoms with van der Waals surface area (Å²) in [7, 11) is 1.88. The summed E-state index contributed by atoms with van der Waals surface area (Å²) in [5.74, 6) is 0.657. The van der Waals surface area contributed by atoms with Crippen LogP contribution < -0.4 is 5.32 Å². The first kappa shape index (κ1) is 32.7. The first-order valence-corrected chi connectivity index (χ1v) is 14.3. The van der Waals surface area contributed by atoms with E-state index in [2.05, 4.69) is 66.2 Å². The lowest BCUT2D eigenvalue weighted by Gasteiger charge is -2.54. The molecular formula is C31H54N6O2. The Hall–Kier alpha value is -2.48. The largest absolute Gasteiger partial charge is 0.348 e. The maximum Gasteiger partial charge on any atom is 0.228 e. The van der Waals surface area contributed by atoms with E-state index in [1.165, 1.54) is 0 Å². The summed E-state index contributed by atoms with van der Waals surface area (Å²) in [6.45, 7) is 27.9. The fourth-order valence-corrected chi connectivity index (χ4v) is 7.33. The normalized spacial score (nSPS) is 30.4. The number of likely N-dealkylation sites (N-methyl/N-ethyl adjacent to an activating group) is 1. The van der Waals surface area contributed by atoms with Gasteiger partial charge in [0.25, 0.3) is 0 Å². The van der Waals surface area contributed by atoms with Gasteiger partial charge in [0.05, 0.1) is 28.7 Å². The molecule has 3 fully saturated rings. The van der Waals surface area contributed by atoms with Crippen molar-refractivity contribution in [3.63, 3.8) is 0 Å². The van der Waals surface area contributed by atoms with E-state index in [1.54, 1.807) is 4.90 Å². The second kappa shape index (κ2) is 9.86. The van der Waals surface area contributed by atoms with Crippen LogP contribution in [-0.4, -0.2) is 68.8 Å². The van der Waals surface area contributed by atoms with E-state index in [4.69, 9.17) is 5.26 Å². The van der Waals surface area contributed by atoms with E-state index in [1.807, 2.05) is 58.4 Å². The lowest BCUT2D eigenvalue weighted by Crippen LogP contribution is -2.66. The fraction of sp³-hybridized carbons (Fsp3) is 0.871. The minimum atomic E-state index is -0.483. The average molecular weight is 543 g/mol. The predicted molar refractivity (Wildman–Crippen MR) is 155 cm³/mol. The van der Waals surface area contributed by atoms with Crippen molar-refractivity contribution in [1.82, 2.24) is 20.0 Å². The number of rotatable bonds is 2. The van der Waals surface area contributed by atoms with Gasteiger partial charge >= 0.3 is 0 Å². The third-order valence-electron chi connectivity index (χ3n) is 10.8. The van der Waals surface area contributed by atoms with Crippen molar-refractivity contribution in [2.24, 2.45) is 22.2 Å². The molecule has 0 aromatic carbocycles. The molecule has 3 rings (SSSR count). The summed E-state index contributed by atoms with van der Waals surface area (Å²) in [6.07, 6.45) is 7.89. The molecule has 0 aromatic heterocycles. The summed E-state index contributed by atoms with van der Waals surface area (Å²) in [5.41, 5.74) is -2.52. The number of likely N-dealkylation sites (tertiary alicyclic amines) is 2. The summed E-state index contributed by atoms with van der Waals surface area (Å²) in [5, 5.41) is 22.0. The number of carbonyl (C=O) groups is 2. The van der Waals surface area contributed by atoms with E-state index in [0.717, 1.165) is 25.8 Å². The average Bonchev–Trinajstić information content (AvgIpc) is 3.34. The van der Waals surface area contributed by atoms with Crippen molar-refractivity contribution in [3.8, 4) is 12.4 Å². The van der Waals surface area contributed by atoms with Gasteiger partial charge in [0.2, 0.25) is 11.8 Å². The number of fused-ring (bicyclic) bond motifs is 1. The van der Waals surface area contributed by atoms with Crippen molar-refractivity contribution in [1.29, 1.82) is 10.5 Å². The third-order valence-corrected chi connectivity index (χ3v) is 10.8. The fourth-order valence-electron chi connectivity index (χ4n) is 7.33. The Balaban J connectivity index is 0.000000282. The highest BCUT2D eigenvalue weighted by Gasteiger charge is 2.72. The Morgan fingerprint density at radius 3 is 1.85 bits per heavy atom. The van der Waals surface area contributed by atoms with Gasteiger partial charge in [-0.1, -0.05) is 61.8 Å². The van der Waals surface area contributed by atoms with E-state index >= 15 is 0 Å². The standard InChI is InChI=1S/C18H33N3O.C13H21N3O/c1-14(2,3)13(22)20(11)18(10)15(4,5)16(6,7)21(12-19)17(18,8)9;1-12(2,3)11(17)15-13-6-4-5-10(13)7-16(8-13)9-14/h1-11H3;10H,4-8H2,1-3H3,(H,15,17). The second-order valence-corrected chi connectivity index (χ2v) is 15.8. The minimum Gasteiger partial charge on any atom is -0.348 e. The van der Waals surface area contributed by atoms with Crippen LogP contribution in [0.15, 0.2) is 0 Å². The summed E-state index contributed by atoms with van der Waals surface area (Å²) in [6, 6.07) is 0. The number of nitrogens with zero attached hydrogens (tertiary/aromatic N) is 5. The molecular weight excluding hydrogens is 488 g/mol. The van der Waals surface area contributed by atoms with Crippen LogP contribution >= 0.6 is 0 Å². The third kappa shape index (κ3) is 4.98. The molecule has 8 nitrogen and oxygen atoms in total. The highest BCUT2D eigenvalue weighted by Crippen LogP contribution is 2.61. The molecule has 3 unspecified atom stereocenters. The molecule has 2 saturated heterocycles. The quantitative estimate of drug-likeness (QED) is 0.486. The van der Waals surface area contributed by atoms with Crippen LogP contribution in [-0.2, 0) is 9.59 Å². The molecule has 0 spiro atoms. The van der Waals surface area contributed by atoms with Gasteiger partial charge in [-0.15, -0.1) is 0 Å². The number of amides is 2. The molecule has 1 aliphatic carbocycles.